The summed E-state index contributed by atoms with van der Waals surface area (Å²) >= 11 is 0. The summed E-state index contributed by atoms with van der Waals surface area (Å²) in [5.41, 5.74) is 4.45. The predicted octanol–water partition coefficient (Wildman–Crippen LogP) is 4.12. The van der Waals surface area contributed by atoms with Crippen molar-refractivity contribution in [1.82, 2.24) is 10.4 Å². The van der Waals surface area contributed by atoms with Crippen LogP contribution in [0, 0.1) is 0 Å². The molecular weight excluding hydrogens is 274 g/mol. The molecule has 2 rings (SSSR count). The van der Waals surface area contributed by atoms with E-state index in [2.05, 4.69) is 29.0 Å². The van der Waals surface area contributed by atoms with Gasteiger partial charge in [0.05, 0.1) is 0 Å². The van der Waals surface area contributed by atoms with Crippen LogP contribution in [-0.4, -0.2) is 23.7 Å². The van der Waals surface area contributed by atoms with Crippen LogP contribution in [-0.2, 0) is 0 Å². The summed E-state index contributed by atoms with van der Waals surface area (Å²) in [4.78, 5) is 0. The van der Waals surface area contributed by atoms with Gasteiger partial charge >= 0.3 is 6.61 Å². The van der Waals surface area contributed by atoms with E-state index in [1.165, 1.54) is 19.3 Å². The van der Waals surface area contributed by atoms with Crippen LogP contribution in [0.2, 0.25) is 0 Å². The lowest BCUT2D eigenvalue weighted by Gasteiger charge is -2.41. The molecule has 1 aliphatic rings. The van der Waals surface area contributed by atoms with Gasteiger partial charge in [-0.05, 0) is 51.3 Å². The number of hydrazine groups is 1. The zero-order chi connectivity index (χ0) is 15.4. The lowest BCUT2D eigenvalue weighted by molar-refractivity contribution is -0.0499. The number of nitrogens with zero attached hydrogens (tertiary/aromatic N) is 1. The van der Waals surface area contributed by atoms with Crippen LogP contribution in [0.25, 0.3) is 0 Å². The maximum Gasteiger partial charge on any atom is 0.387 e. The minimum Gasteiger partial charge on any atom is -0.435 e. The Labute approximate surface area is 125 Å². The molecule has 0 aliphatic carbocycles. The van der Waals surface area contributed by atoms with Crippen LogP contribution in [0.4, 0.5) is 8.78 Å². The molecular formula is C16H24F2N2O. The van der Waals surface area contributed by atoms with E-state index in [0.717, 1.165) is 5.56 Å². The smallest absolute Gasteiger partial charge is 0.387 e. The van der Waals surface area contributed by atoms with Crippen molar-refractivity contribution in [2.45, 2.75) is 64.8 Å². The third-order valence-corrected chi connectivity index (χ3v) is 4.12. The number of alkyl halides is 2. The molecule has 0 amide bonds. The zero-order valence-electron chi connectivity index (χ0n) is 12.9. The third kappa shape index (κ3) is 4.38. The largest absolute Gasteiger partial charge is 0.435 e. The fraction of sp³-hybridized carbons (Fsp3) is 0.625. The minimum atomic E-state index is -2.79. The SMILES string of the molecule is CC(NN1C(C)CCCC1C)c1cccc(OC(F)F)c1. The third-order valence-electron chi connectivity index (χ3n) is 4.12. The van der Waals surface area contributed by atoms with Gasteiger partial charge in [0.2, 0.25) is 0 Å². The molecule has 0 bridgehead atoms. The molecule has 0 aromatic heterocycles. The van der Waals surface area contributed by atoms with E-state index in [1.54, 1.807) is 18.2 Å². The molecule has 0 saturated carbocycles. The van der Waals surface area contributed by atoms with Crippen molar-refractivity contribution in [3.63, 3.8) is 0 Å². The molecule has 21 heavy (non-hydrogen) atoms. The summed E-state index contributed by atoms with van der Waals surface area (Å²) in [6.07, 6.45) is 3.61. The molecule has 5 heteroatoms. The number of hydrogen-bond donors (Lipinski definition) is 1. The number of rotatable bonds is 5. The Hall–Kier alpha value is -1.20. The molecule has 0 spiro atoms. The normalized spacial score (nSPS) is 25.0. The van der Waals surface area contributed by atoms with Crippen molar-refractivity contribution in [3.8, 4) is 5.75 Å². The minimum absolute atomic E-state index is 0.0502. The molecule has 3 nitrogen and oxygen atoms in total. The predicted molar refractivity (Wildman–Crippen MR) is 79.2 cm³/mol. The molecule has 1 N–H and O–H groups in total. The highest BCUT2D eigenvalue weighted by molar-refractivity contribution is 5.30. The first-order chi connectivity index (χ1) is 9.97. The Balaban J connectivity index is 2.03. The standard InChI is InChI=1S/C16H24F2N2O/c1-11-6-4-7-12(2)20(11)19-13(3)14-8-5-9-15(10-14)21-16(17)18/h5,8-13,16,19H,4,6-7H2,1-3H3. The second kappa shape index (κ2) is 7.18. The van der Waals surface area contributed by atoms with Gasteiger partial charge in [0.1, 0.15) is 5.75 Å². The second-order valence-corrected chi connectivity index (χ2v) is 5.84. The molecule has 3 atom stereocenters. The van der Waals surface area contributed by atoms with Crippen molar-refractivity contribution in [1.29, 1.82) is 0 Å². The summed E-state index contributed by atoms with van der Waals surface area (Å²) < 4.78 is 29.0. The number of piperidine rings is 1. The van der Waals surface area contributed by atoms with Gasteiger partial charge in [0, 0.05) is 18.1 Å². The van der Waals surface area contributed by atoms with E-state index in [1.807, 2.05) is 13.0 Å². The highest BCUT2D eigenvalue weighted by Gasteiger charge is 2.26. The van der Waals surface area contributed by atoms with Gasteiger partial charge in [-0.2, -0.15) is 8.78 Å². The van der Waals surface area contributed by atoms with Crippen LogP contribution in [0.15, 0.2) is 24.3 Å². The van der Waals surface area contributed by atoms with Crippen LogP contribution in [0.5, 0.6) is 5.75 Å². The fourth-order valence-corrected chi connectivity index (χ4v) is 2.93. The van der Waals surface area contributed by atoms with E-state index in [9.17, 15) is 8.78 Å². The van der Waals surface area contributed by atoms with E-state index in [-0.39, 0.29) is 11.8 Å². The average molecular weight is 298 g/mol. The Morgan fingerprint density at radius 2 is 1.90 bits per heavy atom. The summed E-state index contributed by atoms with van der Waals surface area (Å²) in [5.74, 6) is 0.205. The molecule has 1 heterocycles. The zero-order valence-corrected chi connectivity index (χ0v) is 12.9. The monoisotopic (exact) mass is 298 g/mol. The molecule has 0 radical (unpaired) electrons. The maximum atomic E-state index is 12.3. The summed E-state index contributed by atoms with van der Waals surface area (Å²) in [5, 5.41) is 2.29. The Morgan fingerprint density at radius 3 is 2.52 bits per heavy atom. The number of ether oxygens (including phenoxy) is 1. The van der Waals surface area contributed by atoms with Gasteiger partial charge in [0.25, 0.3) is 0 Å². The lowest BCUT2D eigenvalue weighted by Crippen LogP contribution is -2.52. The van der Waals surface area contributed by atoms with Gasteiger partial charge < -0.3 is 4.74 Å². The van der Waals surface area contributed by atoms with E-state index >= 15 is 0 Å². The number of halogens is 2. The first-order valence-corrected chi connectivity index (χ1v) is 7.56. The summed E-state index contributed by atoms with van der Waals surface area (Å²) in [6, 6.07) is 7.91. The first-order valence-electron chi connectivity index (χ1n) is 7.56. The molecule has 1 aromatic rings. The summed E-state index contributed by atoms with van der Waals surface area (Å²) in [7, 11) is 0. The van der Waals surface area contributed by atoms with Gasteiger partial charge in [-0.15, -0.1) is 0 Å². The number of nitrogens with one attached hydrogen (secondary N) is 1. The van der Waals surface area contributed by atoms with Gasteiger partial charge in [-0.1, -0.05) is 18.6 Å². The molecule has 1 fully saturated rings. The quantitative estimate of drug-likeness (QED) is 0.885. The van der Waals surface area contributed by atoms with Crippen molar-refractivity contribution in [3.05, 3.63) is 29.8 Å². The van der Waals surface area contributed by atoms with Gasteiger partial charge in [-0.25, -0.2) is 10.4 Å². The van der Waals surface area contributed by atoms with E-state index in [0.29, 0.717) is 12.1 Å². The highest BCUT2D eigenvalue weighted by atomic mass is 19.3. The lowest BCUT2D eigenvalue weighted by atomic mass is 9.99. The topological polar surface area (TPSA) is 24.5 Å². The fourth-order valence-electron chi connectivity index (χ4n) is 2.93. The molecule has 1 saturated heterocycles. The van der Waals surface area contributed by atoms with E-state index < -0.39 is 6.61 Å². The van der Waals surface area contributed by atoms with Crippen molar-refractivity contribution >= 4 is 0 Å². The molecule has 1 aliphatic heterocycles. The van der Waals surface area contributed by atoms with Crippen molar-refractivity contribution < 1.29 is 13.5 Å². The van der Waals surface area contributed by atoms with E-state index in [4.69, 9.17) is 0 Å². The Bertz CT molecular complexity index is 446. The first kappa shape index (κ1) is 16.2. The Kier molecular flexibility index (Phi) is 5.53. The summed E-state index contributed by atoms with van der Waals surface area (Å²) in [6.45, 7) is 3.68. The van der Waals surface area contributed by atoms with Crippen LogP contribution >= 0.6 is 0 Å². The molecule has 118 valence electrons. The van der Waals surface area contributed by atoms with Crippen molar-refractivity contribution in [2.75, 3.05) is 0 Å². The second-order valence-electron chi connectivity index (χ2n) is 5.84. The number of hydrogen-bond acceptors (Lipinski definition) is 3. The van der Waals surface area contributed by atoms with Gasteiger partial charge in [0.15, 0.2) is 0 Å². The maximum absolute atomic E-state index is 12.3. The highest BCUT2D eigenvalue weighted by Crippen LogP contribution is 2.25. The average Bonchev–Trinajstić information content (AvgIpc) is 2.42. The Morgan fingerprint density at radius 1 is 1.24 bits per heavy atom. The molecule has 3 unspecified atom stereocenters. The van der Waals surface area contributed by atoms with Gasteiger partial charge in [-0.3, -0.25) is 0 Å². The van der Waals surface area contributed by atoms with Crippen LogP contribution < -0.4 is 10.2 Å². The van der Waals surface area contributed by atoms with Crippen LogP contribution in [0.1, 0.15) is 51.6 Å². The van der Waals surface area contributed by atoms with Crippen LogP contribution in [0.3, 0.4) is 0 Å². The molecule has 1 aromatic carbocycles. The number of benzene rings is 1. The van der Waals surface area contributed by atoms with Crippen molar-refractivity contribution in [2.24, 2.45) is 0 Å².